The van der Waals surface area contributed by atoms with E-state index in [1.165, 1.54) is 17.3 Å². The highest BCUT2D eigenvalue weighted by Gasteiger charge is 2.30. The number of sulfonamides is 1. The zero-order chi connectivity index (χ0) is 18.6. The highest BCUT2D eigenvalue weighted by Crippen LogP contribution is 2.25. The monoisotopic (exact) mass is 373 g/mol. The molecule has 1 aliphatic heterocycles. The SMILES string of the molecule is CC(=O)c1cccc(S(=O)(=O)N2CCCC(COc3ccccc3)C2)c1. The van der Waals surface area contributed by atoms with E-state index < -0.39 is 10.0 Å². The molecule has 0 saturated carbocycles. The van der Waals surface area contributed by atoms with E-state index in [1.807, 2.05) is 30.3 Å². The van der Waals surface area contributed by atoms with E-state index in [4.69, 9.17) is 4.74 Å². The summed E-state index contributed by atoms with van der Waals surface area (Å²) in [7, 11) is -3.61. The van der Waals surface area contributed by atoms with Crippen molar-refractivity contribution in [2.75, 3.05) is 19.7 Å². The van der Waals surface area contributed by atoms with Gasteiger partial charge >= 0.3 is 0 Å². The van der Waals surface area contributed by atoms with Gasteiger partial charge in [0.15, 0.2) is 5.78 Å². The minimum atomic E-state index is -3.61. The number of para-hydroxylation sites is 1. The van der Waals surface area contributed by atoms with Crippen molar-refractivity contribution in [3.05, 3.63) is 60.2 Å². The predicted octanol–water partition coefficient (Wildman–Crippen LogP) is 3.37. The fourth-order valence-corrected chi connectivity index (χ4v) is 4.74. The molecule has 1 unspecified atom stereocenters. The third-order valence-corrected chi connectivity index (χ3v) is 6.45. The topological polar surface area (TPSA) is 63.7 Å². The van der Waals surface area contributed by atoms with Crippen molar-refractivity contribution >= 4 is 15.8 Å². The Labute approximate surface area is 154 Å². The Morgan fingerprint density at radius 2 is 1.92 bits per heavy atom. The molecule has 2 aromatic carbocycles. The van der Waals surface area contributed by atoms with Gasteiger partial charge in [0.2, 0.25) is 10.0 Å². The highest BCUT2D eigenvalue weighted by molar-refractivity contribution is 7.89. The van der Waals surface area contributed by atoms with Crippen LogP contribution in [-0.4, -0.2) is 38.2 Å². The van der Waals surface area contributed by atoms with Crippen LogP contribution in [0.1, 0.15) is 30.1 Å². The van der Waals surface area contributed by atoms with Crippen molar-refractivity contribution in [2.24, 2.45) is 5.92 Å². The van der Waals surface area contributed by atoms with Crippen LogP contribution in [-0.2, 0) is 10.0 Å². The molecule has 0 spiro atoms. The second-order valence-corrected chi connectivity index (χ2v) is 8.52. The molecule has 138 valence electrons. The molecule has 1 atom stereocenters. The number of ketones is 1. The second kappa shape index (κ2) is 8.01. The lowest BCUT2D eigenvalue weighted by Gasteiger charge is -2.31. The normalized spacial score (nSPS) is 18.4. The van der Waals surface area contributed by atoms with Gasteiger partial charge in [-0.3, -0.25) is 4.79 Å². The summed E-state index contributed by atoms with van der Waals surface area (Å²) in [5, 5.41) is 0. The van der Waals surface area contributed by atoms with Crippen molar-refractivity contribution < 1.29 is 17.9 Å². The van der Waals surface area contributed by atoms with E-state index in [1.54, 1.807) is 18.2 Å². The molecule has 1 aliphatic rings. The number of piperidine rings is 1. The molecule has 1 fully saturated rings. The van der Waals surface area contributed by atoms with Crippen molar-refractivity contribution in [2.45, 2.75) is 24.7 Å². The third-order valence-electron chi connectivity index (χ3n) is 4.59. The molecule has 0 N–H and O–H groups in total. The first-order valence-electron chi connectivity index (χ1n) is 8.76. The molecule has 0 aromatic heterocycles. The minimum absolute atomic E-state index is 0.144. The molecule has 6 heteroatoms. The predicted molar refractivity (Wildman–Crippen MR) is 99.9 cm³/mol. The summed E-state index contributed by atoms with van der Waals surface area (Å²) in [4.78, 5) is 11.7. The van der Waals surface area contributed by atoms with E-state index in [0.717, 1.165) is 18.6 Å². The number of rotatable bonds is 6. The molecule has 0 aliphatic carbocycles. The summed E-state index contributed by atoms with van der Waals surface area (Å²) in [5.74, 6) is 0.797. The average molecular weight is 373 g/mol. The fraction of sp³-hybridized carbons (Fsp3) is 0.350. The Balaban J connectivity index is 1.70. The van der Waals surface area contributed by atoms with Gasteiger partial charge in [0.25, 0.3) is 0 Å². The van der Waals surface area contributed by atoms with Gasteiger partial charge in [-0.1, -0.05) is 30.3 Å². The summed E-state index contributed by atoms with van der Waals surface area (Å²) >= 11 is 0. The maximum absolute atomic E-state index is 13.0. The van der Waals surface area contributed by atoms with Crippen molar-refractivity contribution in [1.82, 2.24) is 4.31 Å². The molecule has 26 heavy (non-hydrogen) atoms. The van der Waals surface area contributed by atoms with Crippen LogP contribution in [0.5, 0.6) is 5.75 Å². The van der Waals surface area contributed by atoms with Gasteiger partial charge in [-0.2, -0.15) is 4.31 Å². The summed E-state index contributed by atoms with van der Waals surface area (Å²) in [5.41, 5.74) is 0.409. The maximum Gasteiger partial charge on any atom is 0.243 e. The summed E-state index contributed by atoms with van der Waals surface area (Å²) in [6.07, 6.45) is 1.74. The van der Waals surface area contributed by atoms with Gasteiger partial charge < -0.3 is 4.74 Å². The molecular formula is C20H23NO4S. The standard InChI is InChI=1S/C20H23NO4S/c1-16(22)18-8-5-11-20(13-18)26(23,24)21-12-6-7-17(14-21)15-25-19-9-3-2-4-10-19/h2-5,8-11,13,17H,6-7,12,14-15H2,1H3. The van der Waals surface area contributed by atoms with Gasteiger partial charge in [-0.25, -0.2) is 8.42 Å². The Bertz CT molecular complexity index is 864. The van der Waals surface area contributed by atoms with Crippen LogP contribution in [0.4, 0.5) is 0 Å². The lowest BCUT2D eigenvalue weighted by atomic mass is 10.0. The third kappa shape index (κ3) is 4.31. The van der Waals surface area contributed by atoms with Gasteiger partial charge in [0, 0.05) is 24.6 Å². The number of hydrogen-bond donors (Lipinski definition) is 0. The number of carbonyl (C=O) groups excluding carboxylic acids is 1. The quantitative estimate of drug-likeness (QED) is 0.728. The van der Waals surface area contributed by atoms with E-state index in [-0.39, 0.29) is 16.6 Å². The van der Waals surface area contributed by atoms with Gasteiger partial charge in [0.1, 0.15) is 5.75 Å². The number of ether oxygens (including phenoxy) is 1. The van der Waals surface area contributed by atoms with Crippen LogP contribution in [0.2, 0.25) is 0 Å². The summed E-state index contributed by atoms with van der Waals surface area (Å²) in [6, 6.07) is 15.8. The van der Waals surface area contributed by atoms with Gasteiger partial charge in [-0.15, -0.1) is 0 Å². The fourth-order valence-electron chi connectivity index (χ4n) is 3.14. The van der Waals surface area contributed by atoms with E-state index >= 15 is 0 Å². The minimum Gasteiger partial charge on any atom is -0.493 e. The highest BCUT2D eigenvalue weighted by atomic mass is 32.2. The van der Waals surface area contributed by atoms with E-state index in [9.17, 15) is 13.2 Å². The molecule has 3 rings (SSSR count). The van der Waals surface area contributed by atoms with Gasteiger partial charge in [-0.05, 0) is 44.0 Å². The first-order chi connectivity index (χ1) is 12.5. The smallest absolute Gasteiger partial charge is 0.243 e. The number of benzene rings is 2. The van der Waals surface area contributed by atoms with Crippen LogP contribution in [0.3, 0.4) is 0 Å². The zero-order valence-electron chi connectivity index (χ0n) is 14.8. The van der Waals surface area contributed by atoms with Crippen molar-refractivity contribution in [1.29, 1.82) is 0 Å². The van der Waals surface area contributed by atoms with Crippen LogP contribution in [0.15, 0.2) is 59.5 Å². The molecule has 0 bridgehead atoms. The number of hydrogen-bond acceptors (Lipinski definition) is 4. The molecular weight excluding hydrogens is 350 g/mol. The molecule has 0 amide bonds. The number of nitrogens with zero attached hydrogens (tertiary/aromatic N) is 1. The van der Waals surface area contributed by atoms with E-state index in [2.05, 4.69) is 0 Å². The molecule has 0 radical (unpaired) electrons. The first kappa shape index (κ1) is 18.6. The largest absolute Gasteiger partial charge is 0.493 e. The molecule has 5 nitrogen and oxygen atoms in total. The first-order valence-corrected chi connectivity index (χ1v) is 10.2. The average Bonchev–Trinajstić information content (AvgIpc) is 2.67. The lowest BCUT2D eigenvalue weighted by molar-refractivity contribution is 0.101. The Morgan fingerprint density at radius 3 is 2.65 bits per heavy atom. The Kier molecular flexibility index (Phi) is 5.74. The number of carbonyl (C=O) groups is 1. The molecule has 1 saturated heterocycles. The van der Waals surface area contributed by atoms with Crippen LogP contribution < -0.4 is 4.74 Å². The number of Topliss-reactive ketones (excluding diaryl/α,β-unsaturated/α-hetero) is 1. The molecule has 2 aromatic rings. The van der Waals surface area contributed by atoms with Gasteiger partial charge in [0.05, 0.1) is 11.5 Å². The van der Waals surface area contributed by atoms with Crippen LogP contribution in [0.25, 0.3) is 0 Å². The molecule has 1 heterocycles. The van der Waals surface area contributed by atoms with Crippen molar-refractivity contribution in [3.63, 3.8) is 0 Å². The maximum atomic E-state index is 13.0. The zero-order valence-corrected chi connectivity index (χ0v) is 15.6. The van der Waals surface area contributed by atoms with Crippen LogP contribution >= 0.6 is 0 Å². The Morgan fingerprint density at radius 1 is 1.15 bits per heavy atom. The van der Waals surface area contributed by atoms with Crippen molar-refractivity contribution in [3.8, 4) is 5.75 Å². The Hall–Kier alpha value is -2.18. The summed E-state index contributed by atoms with van der Waals surface area (Å²) < 4.78 is 33.2. The second-order valence-electron chi connectivity index (χ2n) is 6.58. The van der Waals surface area contributed by atoms with E-state index in [0.29, 0.717) is 25.3 Å². The lowest BCUT2D eigenvalue weighted by Crippen LogP contribution is -2.41. The van der Waals surface area contributed by atoms with Crippen LogP contribution in [0, 0.1) is 5.92 Å². The summed E-state index contributed by atoms with van der Waals surface area (Å²) in [6.45, 7) is 2.85.